The van der Waals surface area contributed by atoms with Crippen molar-refractivity contribution in [1.82, 2.24) is 0 Å². The number of ether oxygens (including phenoxy) is 1. The molecule has 124 valence electrons. The summed E-state index contributed by atoms with van der Waals surface area (Å²) in [5.41, 5.74) is 0.587. The van der Waals surface area contributed by atoms with E-state index in [1.54, 1.807) is 30.3 Å². The monoisotopic (exact) mass is 347 g/mol. The van der Waals surface area contributed by atoms with Crippen LogP contribution in [0.1, 0.15) is 15.9 Å². The summed E-state index contributed by atoms with van der Waals surface area (Å²) in [5, 5.41) is 20.0. The molecular formula is C16H13NO6S. The third-order valence-electron chi connectivity index (χ3n) is 3.08. The molecule has 0 radical (unpaired) electrons. The van der Waals surface area contributed by atoms with E-state index in [1.807, 2.05) is 0 Å². The lowest BCUT2D eigenvalue weighted by molar-refractivity contribution is -0.387. The second kappa shape index (κ2) is 7.60. The van der Waals surface area contributed by atoms with Crippen molar-refractivity contribution in [3.05, 3.63) is 63.7 Å². The molecule has 0 unspecified atom stereocenters. The minimum Gasteiger partial charge on any atom is -0.481 e. The Balaban J connectivity index is 2.26. The lowest BCUT2D eigenvalue weighted by Crippen LogP contribution is -2.01. The van der Waals surface area contributed by atoms with Gasteiger partial charge in [-0.15, -0.1) is 0 Å². The third kappa shape index (κ3) is 4.32. The smallest absolute Gasteiger partial charge is 0.337 e. The molecule has 0 spiro atoms. The van der Waals surface area contributed by atoms with Crippen molar-refractivity contribution in [2.75, 3.05) is 7.11 Å². The fourth-order valence-electron chi connectivity index (χ4n) is 1.98. The van der Waals surface area contributed by atoms with Gasteiger partial charge in [-0.25, -0.2) is 4.79 Å². The molecule has 24 heavy (non-hydrogen) atoms. The Kier molecular flexibility index (Phi) is 5.54. The van der Waals surface area contributed by atoms with Gasteiger partial charge in [-0.3, -0.25) is 14.9 Å². The van der Waals surface area contributed by atoms with E-state index in [9.17, 15) is 19.7 Å². The molecule has 0 saturated carbocycles. The number of nitro groups is 1. The highest BCUT2D eigenvalue weighted by Gasteiger charge is 2.17. The summed E-state index contributed by atoms with van der Waals surface area (Å²) >= 11 is 1.16. The van der Waals surface area contributed by atoms with Gasteiger partial charge >= 0.3 is 11.9 Å². The zero-order valence-electron chi connectivity index (χ0n) is 12.6. The number of methoxy groups -OCH3 is 1. The normalized spacial score (nSPS) is 10.2. The maximum atomic E-state index is 11.4. The third-order valence-corrected chi connectivity index (χ3v) is 4.15. The minimum absolute atomic E-state index is 0.157. The van der Waals surface area contributed by atoms with Crippen molar-refractivity contribution >= 4 is 29.4 Å². The lowest BCUT2D eigenvalue weighted by Gasteiger charge is -2.06. The fourth-order valence-corrected chi connectivity index (χ4v) is 2.88. The first-order chi connectivity index (χ1) is 11.4. The Labute approximate surface area is 141 Å². The Bertz CT molecular complexity index is 788. The van der Waals surface area contributed by atoms with Crippen LogP contribution in [0, 0.1) is 10.1 Å². The van der Waals surface area contributed by atoms with Crippen LogP contribution in [0.3, 0.4) is 0 Å². The molecule has 0 atom stereocenters. The molecule has 7 nitrogen and oxygen atoms in total. The number of hydrogen-bond acceptors (Lipinski definition) is 6. The number of carbonyl (C=O) groups excluding carboxylic acids is 1. The summed E-state index contributed by atoms with van der Waals surface area (Å²) in [7, 11) is 1.28. The number of nitrogens with zero attached hydrogens (tertiary/aromatic N) is 1. The number of hydrogen-bond donors (Lipinski definition) is 1. The summed E-state index contributed by atoms with van der Waals surface area (Å²) in [4.78, 5) is 33.9. The standard InChI is InChI=1S/C16H13NO6S/c1-23-16(20)11-3-5-12(6-4-11)24-14-7-2-10(9-15(18)19)8-13(14)17(21)22/h2-8H,9H2,1H3,(H,18,19). The van der Waals surface area contributed by atoms with Crippen LogP contribution in [0.5, 0.6) is 0 Å². The Morgan fingerprint density at radius 1 is 1.21 bits per heavy atom. The van der Waals surface area contributed by atoms with Gasteiger partial charge in [0.25, 0.3) is 5.69 Å². The highest BCUT2D eigenvalue weighted by Crippen LogP contribution is 2.35. The van der Waals surface area contributed by atoms with E-state index in [-0.39, 0.29) is 12.1 Å². The lowest BCUT2D eigenvalue weighted by atomic mass is 10.1. The van der Waals surface area contributed by atoms with Crippen LogP contribution in [0.2, 0.25) is 0 Å². The predicted molar refractivity (Wildman–Crippen MR) is 86.3 cm³/mol. The maximum Gasteiger partial charge on any atom is 0.337 e. The quantitative estimate of drug-likeness (QED) is 0.486. The van der Waals surface area contributed by atoms with Crippen LogP contribution < -0.4 is 0 Å². The summed E-state index contributed by atoms with van der Waals surface area (Å²) < 4.78 is 4.61. The molecule has 0 amide bonds. The van der Waals surface area contributed by atoms with Crippen molar-refractivity contribution < 1.29 is 24.4 Å². The van der Waals surface area contributed by atoms with E-state index in [4.69, 9.17) is 5.11 Å². The first-order valence-corrected chi connectivity index (χ1v) is 7.57. The zero-order chi connectivity index (χ0) is 17.7. The number of nitro benzene ring substituents is 1. The van der Waals surface area contributed by atoms with E-state index in [0.29, 0.717) is 20.9 Å². The molecule has 0 heterocycles. The van der Waals surface area contributed by atoms with Crippen LogP contribution in [0.25, 0.3) is 0 Å². The topological polar surface area (TPSA) is 107 Å². The molecule has 0 aliphatic carbocycles. The van der Waals surface area contributed by atoms with Gasteiger partial charge in [-0.2, -0.15) is 0 Å². The molecule has 0 aliphatic heterocycles. The number of rotatable bonds is 6. The second-order valence-electron chi connectivity index (χ2n) is 4.75. The molecular weight excluding hydrogens is 334 g/mol. The molecule has 2 aromatic rings. The van der Waals surface area contributed by atoms with Gasteiger partial charge in [0.15, 0.2) is 0 Å². The second-order valence-corrected chi connectivity index (χ2v) is 5.86. The van der Waals surface area contributed by atoms with Gasteiger partial charge in [0.05, 0.1) is 28.9 Å². The largest absolute Gasteiger partial charge is 0.481 e. The Morgan fingerprint density at radius 2 is 1.88 bits per heavy atom. The number of esters is 1. The average Bonchev–Trinajstić information content (AvgIpc) is 2.55. The van der Waals surface area contributed by atoms with E-state index in [2.05, 4.69) is 4.74 Å². The van der Waals surface area contributed by atoms with Crippen molar-refractivity contribution in [3.63, 3.8) is 0 Å². The fraction of sp³-hybridized carbons (Fsp3) is 0.125. The van der Waals surface area contributed by atoms with Crippen LogP contribution in [0.15, 0.2) is 52.3 Å². The van der Waals surface area contributed by atoms with Crippen LogP contribution in [0.4, 0.5) is 5.69 Å². The van der Waals surface area contributed by atoms with E-state index in [0.717, 1.165) is 11.8 Å². The molecule has 0 bridgehead atoms. The van der Waals surface area contributed by atoms with Crippen molar-refractivity contribution in [2.45, 2.75) is 16.2 Å². The van der Waals surface area contributed by atoms with E-state index in [1.165, 1.54) is 19.2 Å². The van der Waals surface area contributed by atoms with Gasteiger partial charge in [0, 0.05) is 11.0 Å². The summed E-state index contributed by atoms with van der Waals surface area (Å²) in [6, 6.07) is 10.8. The van der Waals surface area contributed by atoms with Crippen LogP contribution >= 0.6 is 11.8 Å². The van der Waals surface area contributed by atoms with Crippen LogP contribution in [-0.2, 0) is 16.0 Å². The summed E-state index contributed by atoms with van der Waals surface area (Å²) in [6.07, 6.45) is -0.278. The van der Waals surface area contributed by atoms with Gasteiger partial charge in [-0.05, 0) is 35.9 Å². The zero-order valence-corrected chi connectivity index (χ0v) is 13.4. The van der Waals surface area contributed by atoms with Gasteiger partial charge in [-0.1, -0.05) is 17.8 Å². The molecule has 1 N–H and O–H groups in total. The first-order valence-electron chi connectivity index (χ1n) is 6.76. The highest BCUT2D eigenvalue weighted by molar-refractivity contribution is 7.99. The van der Waals surface area contributed by atoms with E-state index >= 15 is 0 Å². The predicted octanol–water partition coefficient (Wildman–Crippen LogP) is 3.16. The molecule has 8 heteroatoms. The van der Waals surface area contributed by atoms with Crippen molar-refractivity contribution in [3.8, 4) is 0 Å². The number of benzene rings is 2. The molecule has 0 aromatic heterocycles. The molecule has 0 fully saturated rings. The minimum atomic E-state index is -1.05. The van der Waals surface area contributed by atoms with Crippen LogP contribution in [-0.4, -0.2) is 29.1 Å². The number of carbonyl (C=O) groups is 2. The first kappa shape index (κ1) is 17.5. The van der Waals surface area contributed by atoms with Gasteiger partial charge in [0.2, 0.25) is 0 Å². The number of carboxylic acid groups (broad SMARTS) is 1. The SMILES string of the molecule is COC(=O)c1ccc(Sc2ccc(CC(=O)O)cc2[N+](=O)[O-])cc1. The molecule has 0 aliphatic rings. The average molecular weight is 347 g/mol. The van der Waals surface area contributed by atoms with E-state index < -0.39 is 16.9 Å². The maximum absolute atomic E-state index is 11.4. The van der Waals surface area contributed by atoms with Gasteiger partial charge < -0.3 is 9.84 Å². The van der Waals surface area contributed by atoms with Gasteiger partial charge in [0.1, 0.15) is 0 Å². The molecule has 2 aromatic carbocycles. The van der Waals surface area contributed by atoms with Crippen molar-refractivity contribution in [2.24, 2.45) is 0 Å². The Morgan fingerprint density at radius 3 is 2.42 bits per heavy atom. The number of carboxylic acids is 1. The van der Waals surface area contributed by atoms with Crippen molar-refractivity contribution in [1.29, 1.82) is 0 Å². The Hall–Kier alpha value is -2.87. The molecule has 2 rings (SSSR count). The highest BCUT2D eigenvalue weighted by atomic mass is 32.2. The number of aliphatic carboxylic acids is 1. The summed E-state index contributed by atoms with van der Waals surface area (Å²) in [6.45, 7) is 0. The summed E-state index contributed by atoms with van der Waals surface area (Å²) in [5.74, 6) is -1.52. The molecule has 0 saturated heterocycles.